The zero-order valence-corrected chi connectivity index (χ0v) is 14.7. The van der Waals surface area contributed by atoms with Crippen LogP contribution in [-0.2, 0) is 24.8 Å². The van der Waals surface area contributed by atoms with Crippen molar-refractivity contribution < 1.29 is 4.79 Å². The monoisotopic (exact) mass is 337 g/mol. The quantitative estimate of drug-likeness (QED) is 0.796. The van der Waals surface area contributed by atoms with E-state index in [4.69, 9.17) is 0 Å². The molecule has 0 fully saturated rings. The first-order valence-corrected chi connectivity index (χ1v) is 8.86. The lowest BCUT2D eigenvalue weighted by Crippen LogP contribution is -2.31. The molecule has 0 saturated carbocycles. The van der Waals surface area contributed by atoms with E-state index in [-0.39, 0.29) is 11.9 Å². The minimum absolute atomic E-state index is 0.0685. The lowest BCUT2D eigenvalue weighted by atomic mass is 9.93. The number of para-hydroxylation sites is 1. The van der Waals surface area contributed by atoms with Crippen LogP contribution >= 0.6 is 0 Å². The summed E-state index contributed by atoms with van der Waals surface area (Å²) < 4.78 is 3.85. The molecule has 2 aromatic heterocycles. The third-order valence-electron chi connectivity index (χ3n) is 5.10. The molecule has 1 unspecified atom stereocenters. The van der Waals surface area contributed by atoms with Crippen LogP contribution < -0.4 is 5.32 Å². The zero-order chi connectivity index (χ0) is 17.4. The number of amides is 1. The zero-order valence-electron chi connectivity index (χ0n) is 14.7. The van der Waals surface area contributed by atoms with Crippen LogP contribution in [0, 0.1) is 6.92 Å². The average Bonchev–Trinajstić information content (AvgIpc) is 3.15. The van der Waals surface area contributed by atoms with E-state index >= 15 is 0 Å². The van der Waals surface area contributed by atoms with E-state index in [1.54, 1.807) is 0 Å². The van der Waals surface area contributed by atoms with Gasteiger partial charge in [0.05, 0.1) is 30.0 Å². The Hall–Kier alpha value is -2.63. The third-order valence-corrected chi connectivity index (χ3v) is 5.10. The third kappa shape index (κ3) is 2.92. The van der Waals surface area contributed by atoms with Crippen molar-refractivity contribution in [1.82, 2.24) is 24.9 Å². The number of aryl methyl sites for hydroxylation is 3. The molecule has 1 atom stereocenters. The van der Waals surface area contributed by atoms with Gasteiger partial charge in [-0.25, -0.2) is 0 Å². The maximum Gasteiger partial charge on any atom is 0.222 e. The van der Waals surface area contributed by atoms with Crippen molar-refractivity contribution in [2.45, 2.75) is 45.2 Å². The fraction of sp³-hybridized carbons (Fsp3) is 0.421. The minimum Gasteiger partial charge on any atom is -0.349 e. The van der Waals surface area contributed by atoms with Crippen LogP contribution in [0.4, 0.5) is 0 Å². The molecule has 1 aromatic carbocycles. The molecular weight excluding hydrogens is 314 g/mol. The number of hydrogen-bond donors (Lipinski definition) is 1. The van der Waals surface area contributed by atoms with Crippen LogP contribution in [-0.4, -0.2) is 25.5 Å². The second-order valence-electron chi connectivity index (χ2n) is 6.76. The number of hydrogen-bond acceptors (Lipinski definition) is 3. The maximum absolute atomic E-state index is 12.5. The van der Waals surface area contributed by atoms with Crippen molar-refractivity contribution in [2.24, 2.45) is 7.05 Å². The highest BCUT2D eigenvalue weighted by Gasteiger charge is 2.24. The van der Waals surface area contributed by atoms with Gasteiger partial charge in [0.2, 0.25) is 5.91 Å². The summed E-state index contributed by atoms with van der Waals surface area (Å²) >= 11 is 0. The number of nitrogens with one attached hydrogen (secondary N) is 1. The number of carbonyl (C=O) groups is 1. The highest BCUT2D eigenvalue weighted by molar-refractivity contribution is 5.82. The van der Waals surface area contributed by atoms with Gasteiger partial charge < -0.3 is 5.32 Å². The number of aromatic nitrogens is 4. The summed E-state index contributed by atoms with van der Waals surface area (Å²) in [5, 5.41) is 13.2. The van der Waals surface area contributed by atoms with Crippen molar-refractivity contribution in [3.8, 4) is 0 Å². The highest BCUT2D eigenvalue weighted by atomic mass is 16.1. The Morgan fingerprint density at radius 3 is 3.08 bits per heavy atom. The SMILES string of the molecule is Cc1nn(CCC(=O)NC2CCCc3c2cnn3C)c2ccccc12. The van der Waals surface area contributed by atoms with Crippen LogP contribution in [0.25, 0.3) is 10.9 Å². The summed E-state index contributed by atoms with van der Waals surface area (Å²) in [6.45, 7) is 2.59. The fourth-order valence-corrected chi connectivity index (χ4v) is 3.79. The molecule has 6 nitrogen and oxygen atoms in total. The first-order chi connectivity index (χ1) is 12.1. The molecule has 1 N–H and O–H groups in total. The second-order valence-corrected chi connectivity index (χ2v) is 6.76. The van der Waals surface area contributed by atoms with E-state index in [2.05, 4.69) is 27.6 Å². The van der Waals surface area contributed by atoms with E-state index in [0.717, 1.165) is 35.9 Å². The predicted molar refractivity (Wildman–Crippen MR) is 96.1 cm³/mol. The second kappa shape index (κ2) is 6.35. The summed E-state index contributed by atoms with van der Waals surface area (Å²) in [5.74, 6) is 0.0685. The van der Waals surface area contributed by atoms with E-state index in [0.29, 0.717) is 13.0 Å². The van der Waals surface area contributed by atoms with Crippen molar-refractivity contribution in [2.75, 3.05) is 0 Å². The molecule has 1 aliphatic carbocycles. The van der Waals surface area contributed by atoms with E-state index in [9.17, 15) is 4.79 Å². The largest absolute Gasteiger partial charge is 0.349 e. The van der Waals surface area contributed by atoms with Crippen molar-refractivity contribution >= 4 is 16.8 Å². The van der Waals surface area contributed by atoms with Crippen molar-refractivity contribution in [3.05, 3.63) is 47.4 Å². The molecule has 0 spiro atoms. The number of nitrogens with zero attached hydrogens (tertiary/aromatic N) is 4. The number of carbonyl (C=O) groups excluding carboxylic acids is 1. The van der Waals surface area contributed by atoms with Gasteiger partial charge in [0.25, 0.3) is 0 Å². The van der Waals surface area contributed by atoms with Gasteiger partial charge in [0.15, 0.2) is 0 Å². The number of fused-ring (bicyclic) bond motifs is 2. The molecule has 0 aliphatic heterocycles. The van der Waals surface area contributed by atoms with Crippen LogP contribution in [0.2, 0.25) is 0 Å². The molecule has 130 valence electrons. The first-order valence-electron chi connectivity index (χ1n) is 8.86. The molecule has 3 aromatic rings. The Labute approximate surface area is 146 Å². The van der Waals surface area contributed by atoms with Crippen molar-refractivity contribution in [1.29, 1.82) is 0 Å². The van der Waals surface area contributed by atoms with Gasteiger partial charge >= 0.3 is 0 Å². The lowest BCUT2D eigenvalue weighted by Gasteiger charge is -2.23. The van der Waals surface area contributed by atoms with Crippen LogP contribution in [0.5, 0.6) is 0 Å². The van der Waals surface area contributed by atoms with E-state index in [1.165, 1.54) is 11.3 Å². The summed E-state index contributed by atoms with van der Waals surface area (Å²) in [7, 11) is 1.97. The van der Waals surface area contributed by atoms with Gasteiger partial charge in [-0.1, -0.05) is 18.2 Å². The Bertz CT molecular complexity index is 923. The molecule has 6 heteroatoms. The number of benzene rings is 1. The Morgan fingerprint density at radius 1 is 1.36 bits per heavy atom. The lowest BCUT2D eigenvalue weighted by molar-refractivity contribution is -0.122. The summed E-state index contributed by atoms with van der Waals surface area (Å²) in [4.78, 5) is 12.5. The van der Waals surface area contributed by atoms with Crippen LogP contribution in [0.1, 0.15) is 42.3 Å². The molecule has 2 heterocycles. The summed E-state index contributed by atoms with van der Waals surface area (Å²) in [5.41, 5.74) is 4.50. The number of rotatable bonds is 4. The van der Waals surface area contributed by atoms with Gasteiger partial charge in [-0.2, -0.15) is 10.2 Å². The van der Waals surface area contributed by atoms with E-state index < -0.39 is 0 Å². The van der Waals surface area contributed by atoms with Gasteiger partial charge in [0, 0.05) is 30.1 Å². The Morgan fingerprint density at radius 2 is 2.20 bits per heavy atom. The van der Waals surface area contributed by atoms with E-state index in [1.807, 2.05) is 41.7 Å². The highest BCUT2D eigenvalue weighted by Crippen LogP contribution is 2.29. The molecule has 0 radical (unpaired) electrons. The van der Waals surface area contributed by atoms with Gasteiger partial charge in [0.1, 0.15) is 0 Å². The smallest absolute Gasteiger partial charge is 0.222 e. The van der Waals surface area contributed by atoms with Crippen LogP contribution in [0.15, 0.2) is 30.5 Å². The molecule has 0 saturated heterocycles. The van der Waals surface area contributed by atoms with Crippen LogP contribution in [0.3, 0.4) is 0 Å². The van der Waals surface area contributed by atoms with Crippen molar-refractivity contribution in [3.63, 3.8) is 0 Å². The Kier molecular flexibility index (Phi) is 4.03. The average molecular weight is 337 g/mol. The molecule has 4 rings (SSSR count). The Balaban J connectivity index is 1.43. The fourth-order valence-electron chi connectivity index (χ4n) is 3.79. The normalized spacial score (nSPS) is 16.8. The van der Waals surface area contributed by atoms with Gasteiger partial charge in [-0.3, -0.25) is 14.2 Å². The molecule has 1 aliphatic rings. The standard InChI is InChI=1S/C19H23N5O/c1-13-14-6-3-4-8-18(14)24(22-13)11-10-19(25)21-16-7-5-9-17-15(16)12-20-23(17)2/h3-4,6,8,12,16H,5,7,9-11H2,1-2H3,(H,21,25). The maximum atomic E-state index is 12.5. The molecule has 25 heavy (non-hydrogen) atoms. The predicted octanol–water partition coefficient (Wildman–Crippen LogP) is 2.66. The molecule has 0 bridgehead atoms. The van der Waals surface area contributed by atoms with Gasteiger partial charge in [-0.15, -0.1) is 0 Å². The summed E-state index contributed by atoms with van der Waals surface area (Å²) in [6.07, 6.45) is 5.42. The molecular formula is C19H23N5O. The topological polar surface area (TPSA) is 64.7 Å². The van der Waals surface area contributed by atoms with Gasteiger partial charge in [-0.05, 0) is 32.3 Å². The molecule has 1 amide bonds. The minimum atomic E-state index is 0.0685. The first kappa shape index (κ1) is 15.9. The summed E-state index contributed by atoms with van der Waals surface area (Å²) in [6, 6.07) is 8.23.